The highest BCUT2D eigenvalue weighted by molar-refractivity contribution is 8.00. The number of rotatable bonds is 3. The standard InChI is InChI=1S/C12H19NOS/c1-9-12(6-7-14-9)15-11-5-3-4-10(8-11)13-2/h6-7,10-11,13H,3-5,8H2,1-2H3. The lowest BCUT2D eigenvalue weighted by Crippen LogP contribution is -2.32. The van der Waals surface area contributed by atoms with Gasteiger partial charge < -0.3 is 9.73 Å². The van der Waals surface area contributed by atoms with Gasteiger partial charge in [-0.3, -0.25) is 0 Å². The summed E-state index contributed by atoms with van der Waals surface area (Å²) in [5.41, 5.74) is 0. The summed E-state index contributed by atoms with van der Waals surface area (Å²) < 4.78 is 5.32. The van der Waals surface area contributed by atoms with Crippen LogP contribution in [0, 0.1) is 6.92 Å². The van der Waals surface area contributed by atoms with E-state index in [9.17, 15) is 0 Å². The number of nitrogens with one attached hydrogen (secondary N) is 1. The average Bonchev–Trinajstić information content (AvgIpc) is 2.65. The van der Waals surface area contributed by atoms with E-state index in [1.165, 1.54) is 30.6 Å². The summed E-state index contributed by atoms with van der Waals surface area (Å²) in [5, 5.41) is 4.15. The van der Waals surface area contributed by atoms with Gasteiger partial charge in [0.25, 0.3) is 0 Å². The van der Waals surface area contributed by atoms with Crippen molar-refractivity contribution in [3.8, 4) is 0 Å². The maximum Gasteiger partial charge on any atom is 0.114 e. The van der Waals surface area contributed by atoms with Crippen molar-refractivity contribution in [3.63, 3.8) is 0 Å². The van der Waals surface area contributed by atoms with Gasteiger partial charge in [-0.05, 0) is 39.3 Å². The molecule has 0 radical (unpaired) electrons. The Morgan fingerprint density at radius 3 is 3.00 bits per heavy atom. The van der Waals surface area contributed by atoms with Crippen LogP contribution in [-0.4, -0.2) is 18.3 Å². The zero-order chi connectivity index (χ0) is 10.7. The highest BCUT2D eigenvalue weighted by Crippen LogP contribution is 2.35. The van der Waals surface area contributed by atoms with E-state index in [-0.39, 0.29) is 0 Å². The lowest BCUT2D eigenvalue weighted by Gasteiger charge is -2.28. The smallest absolute Gasteiger partial charge is 0.114 e. The molecule has 1 aliphatic rings. The highest BCUT2D eigenvalue weighted by Gasteiger charge is 2.22. The second kappa shape index (κ2) is 5.08. The third-order valence-corrected chi connectivity index (χ3v) is 4.58. The maximum atomic E-state index is 5.32. The van der Waals surface area contributed by atoms with Crippen molar-refractivity contribution in [2.24, 2.45) is 0 Å². The number of hydrogen-bond acceptors (Lipinski definition) is 3. The van der Waals surface area contributed by atoms with Crippen LogP contribution in [0.25, 0.3) is 0 Å². The lowest BCUT2D eigenvalue weighted by atomic mass is 9.95. The van der Waals surface area contributed by atoms with Gasteiger partial charge in [-0.2, -0.15) is 0 Å². The van der Waals surface area contributed by atoms with Crippen molar-refractivity contribution in [2.45, 2.75) is 48.8 Å². The van der Waals surface area contributed by atoms with E-state index in [1.807, 2.05) is 18.7 Å². The molecule has 1 N–H and O–H groups in total. The molecule has 1 aromatic heterocycles. The van der Waals surface area contributed by atoms with Crippen LogP contribution in [-0.2, 0) is 0 Å². The molecule has 1 heterocycles. The Labute approximate surface area is 95.8 Å². The molecule has 0 bridgehead atoms. The second-order valence-electron chi connectivity index (χ2n) is 4.23. The number of thioether (sulfide) groups is 1. The molecule has 3 heteroatoms. The molecule has 1 saturated carbocycles. The van der Waals surface area contributed by atoms with Gasteiger partial charge in [-0.25, -0.2) is 0 Å². The SMILES string of the molecule is CNC1CCCC(Sc2ccoc2C)C1. The fraction of sp³-hybridized carbons (Fsp3) is 0.667. The molecule has 2 rings (SSSR count). The van der Waals surface area contributed by atoms with Gasteiger partial charge in [-0.1, -0.05) is 6.42 Å². The molecule has 1 aromatic rings. The summed E-state index contributed by atoms with van der Waals surface area (Å²) in [4.78, 5) is 1.32. The van der Waals surface area contributed by atoms with Crippen LogP contribution in [0.3, 0.4) is 0 Å². The third-order valence-electron chi connectivity index (χ3n) is 3.14. The van der Waals surface area contributed by atoms with E-state index in [2.05, 4.69) is 18.4 Å². The van der Waals surface area contributed by atoms with Gasteiger partial charge in [0.05, 0.1) is 6.26 Å². The average molecular weight is 225 g/mol. The lowest BCUT2D eigenvalue weighted by molar-refractivity contribution is 0.402. The molecule has 1 fully saturated rings. The monoisotopic (exact) mass is 225 g/mol. The van der Waals surface area contributed by atoms with Crippen molar-refractivity contribution in [1.29, 1.82) is 0 Å². The van der Waals surface area contributed by atoms with Crippen LogP contribution in [0.1, 0.15) is 31.4 Å². The number of hydrogen-bond donors (Lipinski definition) is 1. The van der Waals surface area contributed by atoms with E-state index in [4.69, 9.17) is 4.42 Å². The zero-order valence-electron chi connectivity index (χ0n) is 9.45. The van der Waals surface area contributed by atoms with Crippen LogP contribution in [0.15, 0.2) is 21.6 Å². The quantitative estimate of drug-likeness (QED) is 0.855. The summed E-state index contributed by atoms with van der Waals surface area (Å²) >= 11 is 1.98. The number of aryl methyl sites for hydroxylation is 1. The van der Waals surface area contributed by atoms with E-state index < -0.39 is 0 Å². The van der Waals surface area contributed by atoms with Crippen LogP contribution < -0.4 is 5.32 Å². The van der Waals surface area contributed by atoms with Gasteiger partial charge in [0.1, 0.15) is 5.76 Å². The molecule has 2 nitrogen and oxygen atoms in total. The van der Waals surface area contributed by atoms with Crippen molar-refractivity contribution in [2.75, 3.05) is 7.05 Å². The normalized spacial score (nSPS) is 26.8. The largest absolute Gasteiger partial charge is 0.468 e. The first-order chi connectivity index (χ1) is 7.29. The molecule has 2 unspecified atom stereocenters. The molecule has 0 spiro atoms. The second-order valence-corrected chi connectivity index (χ2v) is 5.58. The summed E-state index contributed by atoms with van der Waals surface area (Å²) in [6.45, 7) is 2.04. The Hall–Kier alpha value is -0.410. The molecular weight excluding hydrogens is 206 g/mol. The van der Waals surface area contributed by atoms with E-state index in [0.29, 0.717) is 6.04 Å². The minimum Gasteiger partial charge on any atom is -0.468 e. The first kappa shape index (κ1) is 11.1. The van der Waals surface area contributed by atoms with Crippen LogP contribution >= 0.6 is 11.8 Å². The predicted molar refractivity (Wildman–Crippen MR) is 64.4 cm³/mol. The minimum atomic E-state index is 0.712. The Morgan fingerprint density at radius 2 is 2.33 bits per heavy atom. The molecule has 1 aliphatic carbocycles. The van der Waals surface area contributed by atoms with Gasteiger partial charge in [-0.15, -0.1) is 11.8 Å². The van der Waals surface area contributed by atoms with Crippen molar-refractivity contribution >= 4 is 11.8 Å². The Balaban J connectivity index is 1.92. The fourth-order valence-electron chi connectivity index (χ4n) is 2.19. The van der Waals surface area contributed by atoms with E-state index >= 15 is 0 Å². The van der Waals surface area contributed by atoms with E-state index in [0.717, 1.165) is 11.0 Å². The predicted octanol–water partition coefficient (Wildman–Crippen LogP) is 3.21. The molecular formula is C12H19NOS. The van der Waals surface area contributed by atoms with Gasteiger partial charge in [0.2, 0.25) is 0 Å². The molecule has 15 heavy (non-hydrogen) atoms. The first-order valence-corrected chi connectivity index (χ1v) is 6.55. The van der Waals surface area contributed by atoms with Crippen LogP contribution in [0.5, 0.6) is 0 Å². The van der Waals surface area contributed by atoms with Crippen molar-refractivity contribution in [3.05, 3.63) is 18.1 Å². The third kappa shape index (κ3) is 2.79. The Morgan fingerprint density at radius 1 is 1.47 bits per heavy atom. The topological polar surface area (TPSA) is 25.2 Å². The Kier molecular flexibility index (Phi) is 3.76. The summed E-state index contributed by atoms with van der Waals surface area (Å²) in [5.74, 6) is 1.06. The first-order valence-electron chi connectivity index (χ1n) is 5.67. The van der Waals surface area contributed by atoms with Gasteiger partial charge in [0, 0.05) is 16.2 Å². The highest BCUT2D eigenvalue weighted by atomic mass is 32.2. The van der Waals surface area contributed by atoms with Crippen LogP contribution in [0.2, 0.25) is 0 Å². The summed E-state index contributed by atoms with van der Waals surface area (Å²) in [6.07, 6.45) is 7.09. The molecule has 2 atom stereocenters. The van der Waals surface area contributed by atoms with Gasteiger partial charge >= 0.3 is 0 Å². The molecule has 0 amide bonds. The molecule has 0 aromatic carbocycles. The maximum absolute atomic E-state index is 5.32. The molecule has 0 aliphatic heterocycles. The summed E-state index contributed by atoms with van der Waals surface area (Å²) in [7, 11) is 2.07. The molecule has 0 saturated heterocycles. The van der Waals surface area contributed by atoms with E-state index in [1.54, 1.807) is 6.26 Å². The summed E-state index contributed by atoms with van der Waals surface area (Å²) in [6, 6.07) is 2.80. The van der Waals surface area contributed by atoms with Gasteiger partial charge in [0.15, 0.2) is 0 Å². The molecule has 84 valence electrons. The fourth-order valence-corrected chi connectivity index (χ4v) is 3.51. The minimum absolute atomic E-state index is 0.712. The zero-order valence-corrected chi connectivity index (χ0v) is 10.3. The van der Waals surface area contributed by atoms with Crippen LogP contribution in [0.4, 0.5) is 0 Å². The van der Waals surface area contributed by atoms with Crippen molar-refractivity contribution in [1.82, 2.24) is 5.32 Å². The Bertz CT molecular complexity index is 310. The van der Waals surface area contributed by atoms with Crippen molar-refractivity contribution < 1.29 is 4.42 Å². The number of furan rings is 1.